The number of hydrogen-bond donors (Lipinski definition) is 1. The number of nitrogens with zero attached hydrogens (tertiary/aromatic N) is 1. The van der Waals surface area contributed by atoms with Gasteiger partial charge in [0.15, 0.2) is 0 Å². The zero-order valence-corrected chi connectivity index (χ0v) is 18.3. The summed E-state index contributed by atoms with van der Waals surface area (Å²) in [5, 5.41) is 1.23. The summed E-state index contributed by atoms with van der Waals surface area (Å²) in [6, 6.07) is 23.5. The minimum absolute atomic E-state index is 0.00349. The van der Waals surface area contributed by atoms with Gasteiger partial charge in [0.25, 0.3) is 5.91 Å². The van der Waals surface area contributed by atoms with Gasteiger partial charge in [0.05, 0.1) is 19.8 Å². The first-order chi connectivity index (χ1) is 15.7. The van der Waals surface area contributed by atoms with Crippen LogP contribution in [0.5, 0.6) is 11.5 Å². The Morgan fingerprint density at radius 1 is 1.03 bits per heavy atom. The molecule has 4 aromatic rings. The van der Waals surface area contributed by atoms with Crippen molar-refractivity contribution in [3.05, 3.63) is 95.2 Å². The van der Waals surface area contributed by atoms with E-state index in [0.717, 1.165) is 34.7 Å². The van der Waals surface area contributed by atoms with Gasteiger partial charge >= 0.3 is 0 Å². The second-order valence-electron chi connectivity index (χ2n) is 7.95. The van der Waals surface area contributed by atoms with Crippen LogP contribution >= 0.6 is 0 Å². The van der Waals surface area contributed by atoms with Crippen molar-refractivity contribution in [2.24, 2.45) is 0 Å². The molecule has 1 amide bonds. The number of fused-ring (bicyclic) bond motifs is 3. The number of carbonyl (C=O) groups is 1. The van der Waals surface area contributed by atoms with Crippen LogP contribution in [0.4, 0.5) is 0 Å². The third kappa shape index (κ3) is 3.50. The molecule has 32 heavy (non-hydrogen) atoms. The van der Waals surface area contributed by atoms with Crippen molar-refractivity contribution in [2.75, 3.05) is 20.3 Å². The number of aromatic nitrogens is 1. The summed E-state index contributed by atoms with van der Waals surface area (Å²) in [4.78, 5) is 19.2. The highest BCUT2D eigenvalue weighted by Gasteiger charge is 2.35. The van der Waals surface area contributed by atoms with Gasteiger partial charge in [0.1, 0.15) is 11.5 Å². The molecule has 1 unspecified atom stereocenters. The van der Waals surface area contributed by atoms with Gasteiger partial charge in [0.2, 0.25) is 0 Å². The van der Waals surface area contributed by atoms with Crippen LogP contribution in [-0.4, -0.2) is 36.1 Å². The molecule has 5 heteroatoms. The maximum absolute atomic E-state index is 13.7. The molecule has 0 bridgehead atoms. The number of nitrogens with one attached hydrogen (secondary N) is 1. The van der Waals surface area contributed by atoms with Crippen molar-refractivity contribution >= 4 is 16.8 Å². The number of benzene rings is 3. The molecular weight excluding hydrogens is 400 g/mol. The second kappa shape index (κ2) is 8.42. The minimum Gasteiger partial charge on any atom is -0.497 e. The van der Waals surface area contributed by atoms with E-state index >= 15 is 0 Å². The first kappa shape index (κ1) is 20.2. The smallest absolute Gasteiger partial charge is 0.254 e. The summed E-state index contributed by atoms with van der Waals surface area (Å²) in [6.07, 6.45) is 0.808. The molecule has 162 valence electrons. The first-order valence-electron chi connectivity index (χ1n) is 11.0. The Labute approximate surface area is 187 Å². The van der Waals surface area contributed by atoms with E-state index in [4.69, 9.17) is 9.47 Å². The summed E-state index contributed by atoms with van der Waals surface area (Å²) >= 11 is 0. The van der Waals surface area contributed by atoms with E-state index < -0.39 is 0 Å². The van der Waals surface area contributed by atoms with Gasteiger partial charge in [-0.2, -0.15) is 0 Å². The molecule has 5 nitrogen and oxygen atoms in total. The normalized spacial score (nSPS) is 15.4. The quantitative estimate of drug-likeness (QED) is 0.467. The fraction of sp³-hybridized carbons (Fsp3) is 0.222. The third-order valence-corrected chi connectivity index (χ3v) is 6.12. The highest BCUT2D eigenvalue weighted by atomic mass is 16.5. The van der Waals surface area contributed by atoms with Gasteiger partial charge in [-0.15, -0.1) is 0 Å². The fourth-order valence-electron chi connectivity index (χ4n) is 4.65. The van der Waals surface area contributed by atoms with E-state index in [0.29, 0.717) is 18.7 Å². The molecule has 1 aliphatic heterocycles. The Kier molecular flexibility index (Phi) is 5.31. The summed E-state index contributed by atoms with van der Waals surface area (Å²) in [5.74, 6) is 1.55. The zero-order valence-electron chi connectivity index (χ0n) is 18.3. The van der Waals surface area contributed by atoms with Crippen LogP contribution in [0.1, 0.15) is 40.1 Å². The standard InChI is InChI=1S/C27H26N2O3/c1-3-32-21-8-6-7-19(17-21)26-25-23(22-9-4-5-10-24(22)28-25)15-16-29(26)27(30)18-11-13-20(31-2)14-12-18/h4-14,17,26,28H,3,15-16H2,1-2H3. The summed E-state index contributed by atoms with van der Waals surface area (Å²) in [7, 11) is 1.63. The molecule has 1 aromatic heterocycles. The number of amides is 1. The number of ether oxygens (including phenoxy) is 2. The molecule has 0 fully saturated rings. The molecule has 0 aliphatic carbocycles. The molecule has 0 saturated carbocycles. The van der Waals surface area contributed by atoms with Gasteiger partial charge in [-0.3, -0.25) is 4.79 Å². The molecule has 0 saturated heterocycles. The Morgan fingerprint density at radius 3 is 2.62 bits per heavy atom. The van der Waals surface area contributed by atoms with Crippen LogP contribution in [-0.2, 0) is 6.42 Å². The Hall–Kier alpha value is -3.73. The lowest BCUT2D eigenvalue weighted by Gasteiger charge is -2.36. The minimum atomic E-state index is -0.221. The lowest BCUT2D eigenvalue weighted by Crippen LogP contribution is -2.40. The average Bonchev–Trinajstić information content (AvgIpc) is 3.22. The predicted octanol–water partition coefficient (Wildman–Crippen LogP) is 5.36. The lowest BCUT2D eigenvalue weighted by molar-refractivity contribution is 0.0691. The molecule has 1 aliphatic rings. The van der Waals surface area contributed by atoms with Crippen molar-refractivity contribution in [1.82, 2.24) is 9.88 Å². The van der Waals surface area contributed by atoms with E-state index in [1.165, 1.54) is 10.9 Å². The molecule has 0 spiro atoms. The largest absolute Gasteiger partial charge is 0.497 e. The molecule has 5 rings (SSSR count). The van der Waals surface area contributed by atoms with Crippen LogP contribution < -0.4 is 9.47 Å². The van der Waals surface area contributed by atoms with E-state index in [-0.39, 0.29) is 11.9 Å². The average molecular weight is 427 g/mol. The van der Waals surface area contributed by atoms with Gasteiger partial charge < -0.3 is 19.4 Å². The maximum atomic E-state index is 13.7. The van der Waals surface area contributed by atoms with E-state index in [9.17, 15) is 4.79 Å². The van der Waals surface area contributed by atoms with Crippen LogP contribution in [0.15, 0.2) is 72.8 Å². The topological polar surface area (TPSA) is 54.6 Å². The summed E-state index contributed by atoms with van der Waals surface area (Å²) in [5.41, 5.74) is 5.14. The van der Waals surface area contributed by atoms with Crippen molar-refractivity contribution in [3.63, 3.8) is 0 Å². The number of aromatic amines is 1. The monoisotopic (exact) mass is 426 g/mol. The van der Waals surface area contributed by atoms with Gasteiger partial charge in [-0.1, -0.05) is 30.3 Å². The van der Waals surface area contributed by atoms with Crippen molar-refractivity contribution in [1.29, 1.82) is 0 Å². The van der Waals surface area contributed by atoms with Crippen LogP contribution in [0, 0.1) is 0 Å². The van der Waals surface area contributed by atoms with Crippen LogP contribution in [0.25, 0.3) is 10.9 Å². The molecule has 1 atom stereocenters. The first-order valence-corrected chi connectivity index (χ1v) is 11.0. The van der Waals surface area contributed by atoms with Crippen molar-refractivity contribution in [3.8, 4) is 11.5 Å². The summed E-state index contributed by atoms with van der Waals surface area (Å²) in [6.45, 7) is 3.21. The van der Waals surface area contributed by atoms with Gasteiger partial charge in [-0.05, 0) is 66.9 Å². The molecule has 0 radical (unpaired) electrons. The molecule has 3 aromatic carbocycles. The number of H-pyrrole nitrogens is 1. The summed E-state index contributed by atoms with van der Waals surface area (Å²) < 4.78 is 11.0. The van der Waals surface area contributed by atoms with Crippen molar-refractivity contribution < 1.29 is 14.3 Å². The molecular formula is C27H26N2O3. The number of methoxy groups -OCH3 is 1. The van der Waals surface area contributed by atoms with Gasteiger partial charge in [0, 0.05) is 28.7 Å². The van der Waals surface area contributed by atoms with Crippen molar-refractivity contribution in [2.45, 2.75) is 19.4 Å². The van der Waals surface area contributed by atoms with Crippen LogP contribution in [0.2, 0.25) is 0 Å². The Bertz CT molecular complexity index is 1260. The highest BCUT2D eigenvalue weighted by Crippen LogP contribution is 2.40. The molecule has 2 heterocycles. The number of para-hydroxylation sites is 1. The van der Waals surface area contributed by atoms with E-state index in [1.807, 2.05) is 60.4 Å². The van der Waals surface area contributed by atoms with Gasteiger partial charge in [-0.25, -0.2) is 0 Å². The molecule has 1 N–H and O–H groups in total. The Morgan fingerprint density at radius 2 is 1.84 bits per heavy atom. The zero-order chi connectivity index (χ0) is 22.1. The van der Waals surface area contributed by atoms with E-state index in [2.05, 4.69) is 29.2 Å². The Balaban J connectivity index is 1.62. The maximum Gasteiger partial charge on any atom is 0.254 e. The highest BCUT2D eigenvalue weighted by molar-refractivity contribution is 5.95. The predicted molar refractivity (Wildman–Crippen MR) is 125 cm³/mol. The SMILES string of the molecule is CCOc1cccc(C2c3[nH]c4ccccc4c3CCN2C(=O)c2ccc(OC)cc2)c1. The number of hydrogen-bond acceptors (Lipinski definition) is 3. The number of rotatable bonds is 5. The fourth-order valence-corrected chi connectivity index (χ4v) is 4.65. The number of carbonyl (C=O) groups excluding carboxylic acids is 1. The lowest BCUT2D eigenvalue weighted by atomic mass is 9.91. The van der Waals surface area contributed by atoms with E-state index in [1.54, 1.807) is 7.11 Å². The third-order valence-electron chi connectivity index (χ3n) is 6.12. The second-order valence-corrected chi connectivity index (χ2v) is 7.95. The van der Waals surface area contributed by atoms with Crippen LogP contribution in [0.3, 0.4) is 0 Å².